The summed E-state index contributed by atoms with van der Waals surface area (Å²) >= 11 is 0. The zero-order chi connectivity index (χ0) is 19.2. The molecule has 138 valence electrons. The molecule has 4 rings (SSSR count). The number of nitrogens with two attached hydrogens (primary N) is 1. The zero-order valence-corrected chi connectivity index (χ0v) is 15.3. The maximum absolute atomic E-state index is 6.02. The number of benzene rings is 3. The van der Waals surface area contributed by atoms with Gasteiger partial charge in [-0.25, -0.2) is 9.66 Å². The van der Waals surface area contributed by atoms with Crippen LogP contribution in [-0.4, -0.2) is 15.9 Å². The van der Waals surface area contributed by atoms with E-state index in [4.69, 9.17) is 10.5 Å². The van der Waals surface area contributed by atoms with Gasteiger partial charge in [0.2, 0.25) is 5.95 Å². The van der Waals surface area contributed by atoms with Gasteiger partial charge in [-0.1, -0.05) is 72.8 Å². The van der Waals surface area contributed by atoms with Crippen LogP contribution in [0.5, 0.6) is 5.75 Å². The number of nitrogens with zero attached hydrogens (tertiary/aromatic N) is 3. The molecule has 0 aliphatic rings. The Hall–Kier alpha value is -3.86. The Balaban J connectivity index is 1.53. The summed E-state index contributed by atoms with van der Waals surface area (Å²) in [6.07, 6.45) is 3.54. The molecule has 0 radical (unpaired) electrons. The van der Waals surface area contributed by atoms with Crippen LogP contribution >= 0.6 is 0 Å². The van der Waals surface area contributed by atoms with Crippen molar-refractivity contribution in [3.05, 3.63) is 102 Å². The van der Waals surface area contributed by atoms with E-state index in [1.807, 2.05) is 91.1 Å². The lowest BCUT2D eigenvalue weighted by Gasteiger charge is -2.09. The maximum Gasteiger partial charge on any atom is 0.221 e. The topological polar surface area (TPSA) is 65.4 Å². The first-order valence-corrected chi connectivity index (χ1v) is 9.00. The molecule has 0 atom stereocenters. The van der Waals surface area contributed by atoms with Crippen molar-refractivity contribution in [2.45, 2.75) is 6.61 Å². The highest BCUT2D eigenvalue weighted by Gasteiger charge is 2.06. The van der Waals surface area contributed by atoms with Crippen LogP contribution in [-0.2, 0) is 6.61 Å². The molecule has 0 saturated carbocycles. The first kappa shape index (κ1) is 17.5. The molecule has 0 fully saturated rings. The highest BCUT2D eigenvalue weighted by molar-refractivity contribution is 5.83. The third-order valence-electron chi connectivity index (χ3n) is 4.26. The molecular formula is C23H20N4O. The Morgan fingerprint density at radius 2 is 1.57 bits per heavy atom. The second-order valence-corrected chi connectivity index (χ2v) is 6.25. The average molecular weight is 368 g/mol. The van der Waals surface area contributed by atoms with E-state index < -0.39 is 0 Å². The zero-order valence-electron chi connectivity index (χ0n) is 15.3. The molecule has 0 spiro atoms. The van der Waals surface area contributed by atoms with Crippen LogP contribution in [0.3, 0.4) is 0 Å². The van der Waals surface area contributed by atoms with Gasteiger partial charge in [0, 0.05) is 11.1 Å². The fourth-order valence-corrected chi connectivity index (χ4v) is 2.80. The number of hydrogen-bond donors (Lipinski definition) is 1. The summed E-state index contributed by atoms with van der Waals surface area (Å²) in [5.41, 5.74) is 9.78. The van der Waals surface area contributed by atoms with Gasteiger partial charge < -0.3 is 10.5 Å². The van der Waals surface area contributed by atoms with Crippen LogP contribution in [0.4, 0.5) is 5.95 Å². The highest BCUT2D eigenvalue weighted by Crippen LogP contribution is 2.20. The predicted octanol–water partition coefficient (Wildman–Crippen LogP) is 4.59. The van der Waals surface area contributed by atoms with E-state index in [1.54, 1.807) is 10.9 Å². The fraction of sp³-hybridized carbons (Fsp3) is 0.0435. The lowest BCUT2D eigenvalue weighted by molar-refractivity contribution is 0.306. The standard InChI is InChI=1S/C23H20N4O/c24-23-26-21(19-11-5-2-6-12-19)16-27(23)25-15-20-13-7-8-14-22(20)28-17-18-9-3-1-4-10-18/h1-16H,17H2,(H2,24,26). The quantitative estimate of drug-likeness (QED) is 0.506. The van der Waals surface area contributed by atoms with E-state index in [-0.39, 0.29) is 0 Å². The number of nitrogen functional groups attached to an aromatic ring is 1. The molecule has 0 unspecified atom stereocenters. The second kappa shape index (κ2) is 8.22. The first-order valence-electron chi connectivity index (χ1n) is 9.00. The normalized spacial score (nSPS) is 11.0. The Bertz CT molecular complexity index is 1070. The Morgan fingerprint density at radius 3 is 2.36 bits per heavy atom. The molecule has 5 heteroatoms. The molecule has 0 aliphatic heterocycles. The molecule has 3 aromatic carbocycles. The van der Waals surface area contributed by atoms with Gasteiger partial charge in [0.15, 0.2) is 0 Å². The van der Waals surface area contributed by atoms with Crippen molar-refractivity contribution >= 4 is 12.2 Å². The Morgan fingerprint density at radius 1 is 0.893 bits per heavy atom. The molecule has 1 aromatic heterocycles. The van der Waals surface area contributed by atoms with Crippen LogP contribution in [0.15, 0.2) is 96.2 Å². The van der Waals surface area contributed by atoms with Crippen molar-refractivity contribution < 1.29 is 4.74 Å². The molecular weight excluding hydrogens is 348 g/mol. The van der Waals surface area contributed by atoms with E-state index in [2.05, 4.69) is 10.1 Å². The Labute approximate surface area is 163 Å². The van der Waals surface area contributed by atoms with Crippen molar-refractivity contribution in [3.8, 4) is 17.0 Å². The molecule has 0 saturated heterocycles. The molecule has 1 heterocycles. The Kier molecular flexibility index (Phi) is 5.15. The lowest BCUT2D eigenvalue weighted by Crippen LogP contribution is -2.00. The SMILES string of the molecule is Nc1nc(-c2ccccc2)cn1N=Cc1ccccc1OCc1ccccc1. The monoisotopic (exact) mass is 368 g/mol. The minimum absolute atomic E-state index is 0.331. The molecule has 0 bridgehead atoms. The smallest absolute Gasteiger partial charge is 0.221 e. The van der Waals surface area contributed by atoms with Crippen molar-refractivity contribution in [1.29, 1.82) is 0 Å². The number of hydrogen-bond acceptors (Lipinski definition) is 4. The van der Waals surface area contributed by atoms with Crippen LogP contribution in [0.25, 0.3) is 11.3 Å². The van der Waals surface area contributed by atoms with Crippen LogP contribution in [0.1, 0.15) is 11.1 Å². The summed E-state index contributed by atoms with van der Waals surface area (Å²) in [6, 6.07) is 27.7. The second-order valence-electron chi connectivity index (χ2n) is 6.25. The van der Waals surface area contributed by atoms with E-state index in [0.29, 0.717) is 12.6 Å². The number of rotatable bonds is 6. The molecule has 0 amide bonds. The number of anilines is 1. The molecule has 28 heavy (non-hydrogen) atoms. The third kappa shape index (κ3) is 4.10. The van der Waals surface area contributed by atoms with Gasteiger partial charge in [0.25, 0.3) is 0 Å². The van der Waals surface area contributed by atoms with Crippen LogP contribution in [0.2, 0.25) is 0 Å². The molecule has 2 N–H and O–H groups in total. The van der Waals surface area contributed by atoms with E-state index in [0.717, 1.165) is 28.1 Å². The number of ether oxygens (including phenoxy) is 1. The molecule has 0 aliphatic carbocycles. The fourth-order valence-electron chi connectivity index (χ4n) is 2.80. The van der Waals surface area contributed by atoms with Gasteiger partial charge in [-0.05, 0) is 17.7 Å². The molecule has 5 nitrogen and oxygen atoms in total. The third-order valence-corrected chi connectivity index (χ3v) is 4.26. The van der Waals surface area contributed by atoms with Crippen molar-refractivity contribution in [2.75, 3.05) is 5.73 Å². The van der Waals surface area contributed by atoms with Gasteiger partial charge in [-0.2, -0.15) is 5.10 Å². The van der Waals surface area contributed by atoms with Gasteiger partial charge in [-0.3, -0.25) is 0 Å². The number of aromatic nitrogens is 2. The van der Waals surface area contributed by atoms with E-state index >= 15 is 0 Å². The summed E-state index contributed by atoms with van der Waals surface area (Å²) in [4.78, 5) is 4.39. The van der Waals surface area contributed by atoms with Gasteiger partial charge in [0.1, 0.15) is 12.4 Å². The van der Waals surface area contributed by atoms with Gasteiger partial charge >= 0.3 is 0 Å². The van der Waals surface area contributed by atoms with Crippen molar-refractivity contribution in [3.63, 3.8) is 0 Å². The lowest BCUT2D eigenvalue weighted by atomic mass is 10.2. The summed E-state index contributed by atoms with van der Waals surface area (Å²) in [5, 5.41) is 4.46. The number of imidazole rings is 1. The summed E-state index contributed by atoms with van der Waals surface area (Å²) in [5.74, 6) is 1.09. The maximum atomic E-state index is 6.02. The summed E-state index contributed by atoms with van der Waals surface area (Å²) in [6.45, 7) is 0.497. The number of para-hydroxylation sites is 1. The highest BCUT2D eigenvalue weighted by atomic mass is 16.5. The van der Waals surface area contributed by atoms with Gasteiger partial charge in [-0.15, -0.1) is 0 Å². The first-order chi connectivity index (χ1) is 13.8. The van der Waals surface area contributed by atoms with Crippen LogP contribution in [0, 0.1) is 0 Å². The largest absolute Gasteiger partial charge is 0.488 e. The predicted molar refractivity (Wildman–Crippen MR) is 112 cm³/mol. The summed E-state index contributed by atoms with van der Waals surface area (Å²) in [7, 11) is 0. The molecule has 4 aromatic rings. The van der Waals surface area contributed by atoms with E-state index in [9.17, 15) is 0 Å². The average Bonchev–Trinajstić information content (AvgIpc) is 3.13. The van der Waals surface area contributed by atoms with Gasteiger partial charge in [0.05, 0.1) is 18.1 Å². The summed E-state index contributed by atoms with van der Waals surface area (Å²) < 4.78 is 7.53. The van der Waals surface area contributed by atoms with Crippen LogP contribution < -0.4 is 10.5 Å². The van der Waals surface area contributed by atoms with E-state index in [1.165, 1.54) is 0 Å². The minimum atomic E-state index is 0.331. The van der Waals surface area contributed by atoms with Crippen molar-refractivity contribution in [1.82, 2.24) is 9.66 Å². The van der Waals surface area contributed by atoms with Crippen molar-refractivity contribution in [2.24, 2.45) is 5.10 Å². The minimum Gasteiger partial charge on any atom is -0.488 e.